The Balaban J connectivity index is 2.84. The summed E-state index contributed by atoms with van der Waals surface area (Å²) in [7, 11) is -1.69. The van der Waals surface area contributed by atoms with Crippen LogP contribution in [-0.4, -0.2) is 34.0 Å². The maximum Gasteiger partial charge on any atom is 0.240 e. The summed E-state index contributed by atoms with van der Waals surface area (Å²) in [6.45, 7) is 2.99. The van der Waals surface area contributed by atoms with E-state index in [-0.39, 0.29) is 4.90 Å². The van der Waals surface area contributed by atoms with E-state index in [0.717, 1.165) is 11.3 Å². The highest BCUT2D eigenvalue weighted by Gasteiger charge is 2.16. The van der Waals surface area contributed by atoms with E-state index in [1.165, 1.54) is 6.07 Å². The Morgan fingerprint density at radius 2 is 2.10 bits per heavy atom. The normalized spacial score (nSPS) is 13.4. The smallest absolute Gasteiger partial charge is 0.240 e. The van der Waals surface area contributed by atoms with Crippen LogP contribution in [0.5, 0.6) is 0 Å². The van der Waals surface area contributed by atoms with Gasteiger partial charge in [0.15, 0.2) is 0 Å². The molecule has 2 N–H and O–H groups in total. The largest absolute Gasteiger partial charge is 0.316 e. The molecule has 1 unspecified atom stereocenters. The molecule has 0 aromatic heterocycles. The highest BCUT2D eigenvalue weighted by atomic mass is 35.5. The van der Waals surface area contributed by atoms with Crippen molar-refractivity contribution in [3.63, 3.8) is 0 Å². The number of rotatable bonds is 8. The SMILES string of the molecule is CNCc1cc(S(=O)(=O)NCC(C)CSC)ccc1Cl. The van der Waals surface area contributed by atoms with Crippen molar-refractivity contribution in [2.24, 2.45) is 5.92 Å². The van der Waals surface area contributed by atoms with Crippen LogP contribution in [0.3, 0.4) is 0 Å². The molecule has 0 radical (unpaired) electrons. The second-order valence-electron chi connectivity index (χ2n) is 4.70. The Hall–Kier alpha value is -0.270. The van der Waals surface area contributed by atoms with Crippen LogP contribution in [0.25, 0.3) is 0 Å². The third kappa shape index (κ3) is 5.26. The predicted octanol–water partition coefficient (Wildman–Crippen LogP) is 2.34. The number of hydrogen-bond donors (Lipinski definition) is 2. The van der Waals surface area contributed by atoms with Gasteiger partial charge in [0.05, 0.1) is 4.90 Å². The first-order valence-corrected chi connectivity index (χ1v) is 9.58. The Bertz CT molecular complexity index is 535. The predicted molar refractivity (Wildman–Crippen MR) is 87.0 cm³/mol. The van der Waals surface area contributed by atoms with Crippen molar-refractivity contribution in [2.45, 2.75) is 18.4 Å². The first kappa shape index (κ1) is 17.8. The van der Waals surface area contributed by atoms with E-state index in [4.69, 9.17) is 11.6 Å². The Morgan fingerprint density at radius 1 is 1.40 bits per heavy atom. The molecule has 0 saturated heterocycles. The van der Waals surface area contributed by atoms with E-state index in [2.05, 4.69) is 10.0 Å². The van der Waals surface area contributed by atoms with E-state index in [1.54, 1.807) is 30.9 Å². The fourth-order valence-electron chi connectivity index (χ4n) is 1.72. The first-order chi connectivity index (χ1) is 9.40. The van der Waals surface area contributed by atoms with Gasteiger partial charge in [-0.05, 0) is 48.7 Å². The van der Waals surface area contributed by atoms with Gasteiger partial charge in [-0.2, -0.15) is 11.8 Å². The molecule has 1 rings (SSSR count). The lowest BCUT2D eigenvalue weighted by atomic mass is 10.2. The summed E-state index contributed by atoms with van der Waals surface area (Å²) in [6, 6.07) is 4.76. The third-order valence-corrected chi connectivity index (χ3v) is 5.46. The monoisotopic (exact) mass is 336 g/mol. The summed E-state index contributed by atoms with van der Waals surface area (Å²) in [5.41, 5.74) is 0.772. The zero-order valence-electron chi connectivity index (χ0n) is 11.9. The van der Waals surface area contributed by atoms with Crippen LogP contribution < -0.4 is 10.0 Å². The Kier molecular flexibility index (Phi) is 7.33. The number of nitrogens with one attached hydrogen (secondary N) is 2. The molecule has 1 atom stereocenters. The molecule has 4 nitrogen and oxygen atoms in total. The summed E-state index contributed by atoms with van der Waals surface area (Å²) in [4.78, 5) is 0.253. The summed E-state index contributed by atoms with van der Waals surface area (Å²) in [5, 5.41) is 3.53. The molecule has 20 heavy (non-hydrogen) atoms. The minimum Gasteiger partial charge on any atom is -0.316 e. The minimum atomic E-state index is -3.48. The van der Waals surface area contributed by atoms with Crippen LogP contribution >= 0.6 is 23.4 Å². The zero-order chi connectivity index (χ0) is 15.2. The van der Waals surface area contributed by atoms with E-state index in [0.29, 0.717) is 24.0 Å². The molecule has 7 heteroatoms. The maximum absolute atomic E-state index is 12.2. The first-order valence-electron chi connectivity index (χ1n) is 6.32. The molecule has 1 aromatic rings. The van der Waals surface area contributed by atoms with E-state index < -0.39 is 10.0 Å². The highest BCUT2D eigenvalue weighted by Crippen LogP contribution is 2.20. The Morgan fingerprint density at radius 3 is 2.70 bits per heavy atom. The van der Waals surface area contributed by atoms with Crippen LogP contribution in [0.1, 0.15) is 12.5 Å². The summed E-state index contributed by atoms with van der Waals surface area (Å²) in [6.07, 6.45) is 2.01. The average Bonchev–Trinajstić information content (AvgIpc) is 2.39. The number of sulfonamides is 1. The molecule has 0 aliphatic carbocycles. The van der Waals surface area contributed by atoms with Crippen molar-refractivity contribution in [3.05, 3.63) is 28.8 Å². The second-order valence-corrected chi connectivity index (χ2v) is 7.78. The number of hydrogen-bond acceptors (Lipinski definition) is 4. The van der Waals surface area contributed by atoms with Gasteiger partial charge in [0.25, 0.3) is 0 Å². The van der Waals surface area contributed by atoms with Crippen LogP contribution in [0.2, 0.25) is 5.02 Å². The average molecular weight is 337 g/mol. The lowest BCUT2D eigenvalue weighted by Gasteiger charge is -2.13. The van der Waals surface area contributed by atoms with Crippen molar-refractivity contribution >= 4 is 33.4 Å². The molecule has 0 aliphatic rings. The molecule has 0 aliphatic heterocycles. The van der Waals surface area contributed by atoms with Gasteiger partial charge in [-0.1, -0.05) is 18.5 Å². The number of thioether (sulfide) groups is 1. The lowest BCUT2D eigenvalue weighted by molar-refractivity contribution is 0.562. The van der Waals surface area contributed by atoms with Crippen molar-refractivity contribution in [1.82, 2.24) is 10.0 Å². The topological polar surface area (TPSA) is 58.2 Å². The van der Waals surface area contributed by atoms with Crippen LogP contribution in [0, 0.1) is 5.92 Å². The third-order valence-electron chi connectivity index (χ3n) is 2.77. The van der Waals surface area contributed by atoms with Gasteiger partial charge in [-0.15, -0.1) is 0 Å². The molecular weight excluding hydrogens is 316 g/mol. The summed E-state index contributed by atoms with van der Waals surface area (Å²) >= 11 is 7.74. The number of benzene rings is 1. The van der Waals surface area contributed by atoms with Gasteiger partial charge in [-0.25, -0.2) is 13.1 Å². The van der Waals surface area contributed by atoms with Gasteiger partial charge in [0.2, 0.25) is 10.0 Å². The summed E-state index contributed by atoms with van der Waals surface area (Å²) in [5.74, 6) is 1.22. The van der Waals surface area contributed by atoms with Gasteiger partial charge >= 0.3 is 0 Å². The van der Waals surface area contributed by atoms with E-state index >= 15 is 0 Å². The molecule has 0 fully saturated rings. The Labute approximate surface area is 130 Å². The minimum absolute atomic E-state index is 0.253. The van der Waals surface area contributed by atoms with E-state index in [1.807, 2.05) is 13.2 Å². The van der Waals surface area contributed by atoms with Crippen LogP contribution in [0.15, 0.2) is 23.1 Å². The molecule has 0 heterocycles. The fraction of sp³-hybridized carbons (Fsp3) is 0.538. The van der Waals surface area contributed by atoms with Crippen molar-refractivity contribution in [2.75, 3.05) is 25.6 Å². The van der Waals surface area contributed by atoms with Crippen molar-refractivity contribution in [3.8, 4) is 0 Å². The quantitative estimate of drug-likeness (QED) is 0.765. The van der Waals surface area contributed by atoms with Crippen molar-refractivity contribution in [1.29, 1.82) is 0 Å². The van der Waals surface area contributed by atoms with Gasteiger partial charge in [-0.3, -0.25) is 0 Å². The number of halogens is 1. The molecule has 0 amide bonds. The van der Waals surface area contributed by atoms with E-state index in [9.17, 15) is 8.42 Å². The van der Waals surface area contributed by atoms with Gasteiger partial charge in [0, 0.05) is 18.1 Å². The van der Waals surface area contributed by atoms with Gasteiger partial charge < -0.3 is 5.32 Å². The molecular formula is C13H21ClN2O2S2. The molecule has 1 aromatic carbocycles. The lowest BCUT2D eigenvalue weighted by Crippen LogP contribution is -2.29. The van der Waals surface area contributed by atoms with Crippen molar-refractivity contribution < 1.29 is 8.42 Å². The standard InChI is InChI=1S/C13H21ClN2O2S2/c1-10(9-19-3)7-16-20(17,18)12-4-5-13(14)11(6-12)8-15-2/h4-6,10,15-16H,7-9H2,1-3H3. The highest BCUT2D eigenvalue weighted by molar-refractivity contribution is 7.98. The van der Waals surface area contributed by atoms with Crippen LogP contribution in [0.4, 0.5) is 0 Å². The second kappa shape index (κ2) is 8.24. The molecule has 0 bridgehead atoms. The fourth-order valence-corrected chi connectivity index (χ4v) is 3.81. The summed E-state index contributed by atoms with van der Waals surface area (Å²) < 4.78 is 27.1. The molecule has 0 spiro atoms. The van der Waals surface area contributed by atoms with Crippen LogP contribution in [-0.2, 0) is 16.6 Å². The molecule has 0 saturated carbocycles. The van der Waals surface area contributed by atoms with Gasteiger partial charge in [0.1, 0.15) is 0 Å². The maximum atomic E-state index is 12.2. The molecule has 114 valence electrons. The zero-order valence-corrected chi connectivity index (χ0v) is 14.3.